The number of carbonyl (C=O) groups is 2. The molecule has 0 saturated heterocycles. The van der Waals surface area contributed by atoms with Gasteiger partial charge in [0.05, 0.1) is 11.1 Å². The molecule has 0 aliphatic carbocycles. The van der Waals surface area contributed by atoms with Gasteiger partial charge in [-0.25, -0.2) is 9.59 Å². The van der Waals surface area contributed by atoms with Crippen molar-refractivity contribution in [3.8, 4) is 0 Å². The Bertz CT molecular complexity index is 896. The summed E-state index contributed by atoms with van der Waals surface area (Å²) in [4.78, 5) is 25.5. The topological polar surface area (TPSA) is 74.6 Å². The molecule has 156 valence electrons. The second-order valence-corrected chi connectivity index (χ2v) is 10.7. The van der Waals surface area contributed by atoms with Gasteiger partial charge in [0, 0.05) is 9.79 Å². The summed E-state index contributed by atoms with van der Waals surface area (Å²) in [5.41, 5.74) is 3.13. The van der Waals surface area contributed by atoms with E-state index in [4.69, 9.17) is 0 Å². The Hall–Kier alpha value is -2.27. The molecule has 0 amide bonds. The predicted molar refractivity (Wildman–Crippen MR) is 118 cm³/mol. The summed E-state index contributed by atoms with van der Waals surface area (Å²) in [5.74, 6) is -1.83. The minimum atomic E-state index is -0.916. The SMILES string of the molecule is Cc1cc(Sc2cc(C)c(C(=O)O)c(C(C)(C)C)c2)cc(C(C)(C)C)c1C(=O)O. The lowest BCUT2D eigenvalue weighted by Crippen LogP contribution is -2.18. The van der Waals surface area contributed by atoms with Gasteiger partial charge in [-0.2, -0.15) is 0 Å². The number of rotatable bonds is 4. The summed E-state index contributed by atoms with van der Waals surface area (Å²) in [6.45, 7) is 15.7. The molecule has 4 nitrogen and oxygen atoms in total. The van der Waals surface area contributed by atoms with Crippen molar-refractivity contribution in [3.05, 3.63) is 57.6 Å². The second-order valence-electron chi connectivity index (χ2n) is 9.54. The number of carboxylic acid groups (broad SMARTS) is 2. The molecular weight excluding hydrogens is 384 g/mol. The highest BCUT2D eigenvalue weighted by Crippen LogP contribution is 2.38. The van der Waals surface area contributed by atoms with Gasteiger partial charge >= 0.3 is 11.9 Å². The molecule has 0 aliphatic rings. The van der Waals surface area contributed by atoms with Crippen LogP contribution in [0.4, 0.5) is 0 Å². The number of hydrogen-bond donors (Lipinski definition) is 2. The first-order valence-corrected chi connectivity index (χ1v) is 10.4. The highest BCUT2D eigenvalue weighted by Gasteiger charge is 2.26. The van der Waals surface area contributed by atoms with E-state index in [1.165, 1.54) is 11.8 Å². The number of aryl methyl sites for hydroxylation is 2. The van der Waals surface area contributed by atoms with Crippen molar-refractivity contribution >= 4 is 23.7 Å². The van der Waals surface area contributed by atoms with Crippen LogP contribution in [0, 0.1) is 13.8 Å². The molecule has 2 N–H and O–H groups in total. The molecule has 0 unspecified atom stereocenters. The van der Waals surface area contributed by atoms with Gasteiger partial charge in [-0.15, -0.1) is 0 Å². The minimum Gasteiger partial charge on any atom is -0.478 e. The van der Waals surface area contributed by atoms with Crippen LogP contribution in [-0.4, -0.2) is 22.2 Å². The number of hydrogen-bond acceptors (Lipinski definition) is 3. The molecule has 0 saturated carbocycles. The molecule has 29 heavy (non-hydrogen) atoms. The Kier molecular flexibility index (Phi) is 6.24. The molecular formula is C24H30O4S. The zero-order chi connectivity index (χ0) is 22.3. The number of benzene rings is 2. The van der Waals surface area contributed by atoms with E-state index in [9.17, 15) is 19.8 Å². The third-order valence-electron chi connectivity index (χ3n) is 4.90. The summed E-state index contributed by atoms with van der Waals surface area (Å²) in [6, 6.07) is 7.66. The van der Waals surface area contributed by atoms with Gasteiger partial charge in [0.2, 0.25) is 0 Å². The lowest BCUT2D eigenvalue weighted by molar-refractivity contribution is 0.0682. The fourth-order valence-electron chi connectivity index (χ4n) is 3.51. The Morgan fingerprint density at radius 2 is 1.00 bits per heavy atom. The maximum Gasteiger partial charge on any atom is 0.336 e. The van der Waals surface area contributed by atoms with Crippen LogP contribution in [0.1, 0.15) is 84.5 Å². The van der Waals surface area contributed by atoms with Crippen molar-refractivity contribution < 1.29 is 19.8 Å². The molecule has 0 fully saturated rings. The van der Waals surface area contributed by atoms with Gasteiger partial charge in [-0.05, 0) is 71.2 Å². The molecule has 0 atom stereocenters. The van der Waals surface area contributed by atoms with Crippen LogP contribution in [0.15, 0.2) is 34.1 Å². The molecule has 2 aromatic rings. The molecule has 0 aliphatic heterocycles. The maximum absolute atomic E-state index is 11.8. The fourth-order valence-corrected chi connectivity index (χ4v) is 4.61. The monoisotopic (exact) mass is 414 g/mol. The number of carboxylic acids is 2. The van der Waals surface area contributed by atoms with Crippen molar-refractivity contribution in [1.29, 1.82) is 0 Å². The smallest absolute Gasteiger partial charge is 0.336 e. The second kappa shape index (κ2) is 7.86. The highest BCUT2D eigenvalue weighted by molar-refractivity contribution is 7.99. The molecule has 0 radical (unpaired) electrons. The standard InChI is InChI=1S/C24H30O4S/c1-13-9-15(11-17(23(3,4)5)19(13)21(25)26)29-16-10-14(2)20(22(27)28)18(12-16)24(6,7)8/h9-12H,1-8H3,(H,25,26)(H,27,28). The fraction of sp³-hybridized carbons (Fsp3) is 0.417. The van der Waals surface area contributed by atoms with E-state index in [-0.39, 0.29) is 10.8 Å². The van der Waals surface area contributed by atoms with Gasteiger partial charge in [-0.3, -0.25) is 0 Å². The summed E-state index contributed by atoms with van der Waals surface area (Å²) in [6.07, 6.45) is 0. The van der Waals surface area contributed by atoms with Gasteiger partial charge in [0.15, 0.2) is 0 Å². The third kappa shape index (κ3) is 5.02. The van der Waals surface area contributed by atoms with E-state index in [0.29, 0.717) is 11.1 Å². The molecule has 5 heteroatoms. The summed E-state index contributed by atoms with van der Waals surface area (Å²) >= 11 is 1.53. The largest absolute Gasteiger partial charge is 0.478 e. The minimum absolute atomic E-state index is 0.311. The first-order chi connectivity index (χ1) is 13.1. The normalized spacial score (nSPS) is 12.1. The Balaban J connectivity index is 2.63. The van der Waals surface area contributed by atoms with Crippen LogP contribution in [0.25, 0.3) is 0 Å². The summed E-state index contributed by atoms with van der Waals surface area (Å²) in [5, 5.41) is 19.3. The van der Waals surface area contributed by atoms with E-state index in [1.54, 1.807) is 0 Å². The quantitative estimate of drug-likeness (QED) is 0.601. The predicted octanol–water partition coefficient (Wildman–Crippen LogP) is 6.45. The highest BCUT2D eigenvalue weighted by atomic mass is 32.2. The molecule has 2 rings (SSSR count). The molecule has 0 bridgehead atoms. The van der Waals surface area contributed by atoms with Crippen LogP contribution in [-0.2, 0) is 10.8 Å². The van der Waals surface area contributed by atoms with Crippen molar-refractivity contribution in [3.63, 3.8) is 0 Å². The van der Waals surface area contributed by atoms with Crippen LogP contribution in [0.5, 0.6) is 0 Å². The molecule has 0 aromatic heterocycles. The van der Waals surface area contributed by atoms with Crippen molar-refractivity contribution in [1.82, 2.24) is 0 Å². The van der Waals surface area contributed by atoms with E-state index in [0.717, 1.165) is 32.0 Å². The van der Waals surface area contributed by atoms with Gasteiger partial charge in [0.25, 0.3) is 0 Å². The van der Waals surface area contributed by atoms with Crippen LogP contribution >= 0.6 is 11.8 Å². The van der Waals surface area contributed by atoms with Crippen molar-refractivity contribution in [2.75, 3.05) is 0 Å². The van der Waals surface area contributed by atoms with E-state index >= 15 is 0 Å². The molecule has 0 heterocycles. The average Bonchev–Trinajstić information content (AvgIpc) is 2.51. The zero-order valence-corrected chi connectivity index (χ0v) is 19.2. The first-order valence-electron chi connectivity index (χ1n) is 9.57. The van der Waals surface area contributed by atoms with Gasteiger partial charge in [0.1, 0.15) is 0 Å². The van der Waals surface area contributed by atoms with E-state index < -0.39 is 11.9 Å². The average molecular weight is 415 g/mol. The lowest BCUT2D eigenvalue weighted by atomic mass is 9.82. The molecule has 2 aromatic carbocycles. The van der Waals surface area contributed by atoms with Crippen molar-refractivity contribution in [2.24, 2.45) is 0 Å². The third-order valence-corrected chi connectivity index (χ3v) is 5.84. The Morgan fingerprint density at radius 3 is 1.24 bits per heavy atom. The zero-order valence-electron chi connectivity index (χ0n) is 18.4. The van der Waals surface area contributed by atoms with Crippen LogP contribution in [0.2, 0.25) is 0 Å². The van der Waals surface area contributed by atoms with Crippen molar-refractivity contribution in [2.45, 2.75) is 76.0 Å². The Morgan fingerprint density at radius 1 is 0.690 bits per heavy atom. The summed E-state index contributed by atoms with van der Waals surface area (Å²) < 4.78 is 0. The summed E-state index contributed by atoms with van der Waals surface area (Å²) in [7, 11) is 0. The maximum atomic E-state index is 11.8. The lowest BCUT2D eigenvalue weighted by Gasteiger charge is -2.25. The van der Waals surface area contributed by atoms with E-state index in [2.05, 4.69) is 0 Å². The first kappa shape index (κ1) is 23.0. The van der Waals surface area contributed by atoms with Crippen LogP contribution in [0.3, 0.4) is 0 Å². The number of aromatic carboxylic acids is 2. The van der Waals surface area contributed by atoms with Gasteiger partial charge in [-0.1, -0.05) is 53.3 Å². The molecule has 0 spiro atoms. The van der Waals surface area contributed by atoms with Gasteiger partial charge < -0.3 is 10.2 Å². The van der Waals surface area contributed by atoms with E-state index in [1.807, 2.05) is 79.7 Å². The van der Waals surface area contributed by atoms with Crippen LogP contribution < -0.4 is 0 Å². The Labute approximate surface area is 177 Å².